The van der Waals surface area contributed by atoms with Gasteiger partial charge < -0.3 is 9.88 Å². The van der Waals surface area contributed by atoms with E-state index >= 15 is 0 Å². The Morgan fingerprint density at radius 1 is 1.42 bits per heavy atom. The Kier molecular flexibility index (Phi) is 2.75. The first-order chi connectivity index (χ1) is 9.24. The summed E-state index contributed by atoms with van der Waals surface area (Å²) in [4.78, 5) is 23.0. The van der Waals surface area contributed by atoms with Gasteiger partial charge in [0, 0.05) is 32.2 Å². The zero-order valence-electron chi connectivity index (χ0n) is 10.4. The van der Waals surface area contributed by atoms with Gasteiger partial charge >= 0.3 is 0 Å². The third-order valence-electron chi connectivity index (χ3n) is 2.92. The highest BCUT2D eigenvalue weighted by Crippen LogP contribution is 2.09. The summed E-state index contributed by atoms with van der Waals surface area (Å²) in [7, 11) is 1.86. The standard InChI is InChI=1S/C13H13N5O/c1-18-6-4-10-11(18)16-13(17-12(10)19)15-8-9-3-2-5-14-7-9/h2-7H,8H2,1H3,(H2,15,16,17,19). The van der Waals surface area contributed by atoms with E-state index in [9.17, 15) is 4.79 Å². The second-order valence-corrected chi connectivity index (χ2v) is 4.29. The van der Waals surface area contributed by atoms with Crippen molar-refractivity contribution in [2.75, 3.05) is 5.32 Å². The smallest absolute Gasteiger partial charge is 0.261 e. The predicted molar refractivity (Wildman–Crippen MR) is 72.9 cm³/mol. The lowest BCUT2D eigenvalue weighted by atomic mass is 10.3. The second kappa shape index (κ2) is 4.56. The van der Waals surface area contributed by atoms with Crippen LogP contribution in [0.25, 0.3) is 11.0 Å². The molecule has 96 valence electrons. The molecule has 0 radical (unpaired) electrons. The Morgan fingerprint density at radius 2 is 2.32 bits per heavy atom. The SMILES string of the molecule is Cn1ccc2c(=O)[nH]c(NCc3cccnc3)nc21. The van der Waals surface area contributed by atoms with Crippen molar-refractivity contribution in [3.8, 4) is 0 Å². The van der Waals surface area contributed by atoms with Crippen molar-refractivity contribution in [3.05, 3.63) is 52.7 Å². The van der Waals surface area contributed by atoms with Gasteiger partial charge in [0.15, 0.2) is 0 Å². The summed E-state index contributed by atoms with van der Waals surface area (Å²) < 4.78 is 1.82. The minimum absolute atomic E-state index is 0.140. The van der Waals surface area contributed by atoms with Crippen molar-refractivity contribution in [3.63, 3.8) is 0 Å². The number of nitrogens with one attached hydrogen (secondary N) is 2. The number of rotatable bonds is 3. The summed E-state index contributed by atoms with van der Waals surface area (Å²) in [6.07, 6.45) is 5.31. The van der Waals surface area contributed by atoms with Crippen molar-refractivity contribution < 1.29 is 0 Å². The number of pyridine rings is 1. The summed E-state index contributed by atoms with van der Waals surface area (Å²) in [5.74, 6) is 0.461. The van der Waals surface area contributed by atoms with Crippen LogP contribution in [0.4, 0.5) is 5.95 Å². The Hall–Kier alpha value is -2.63. The summed E-state index contributed by atoms with van der Waals surface area (Å²) >= 11 is 0. The van der Waals surface area contributed by atoms with E-state index < -0.39 is 0 Å². The fourth-order valence-electron chi connectivity index (χ4n) is 1.92. The van der Waals surface area contributed by atoms with E-state index in [1.165, 1.54) is 0 Å². The number of aromatic nitrogens is 4. The van der Waals surface area contributed by atoms with Gasteiger partial charge in [0.05, 0.1) is 5.39 Å². The quantitative estimate of drug-likeness (QED) is 0.739. The van der Waals surface area contributed by atoms with Crippen LogP contribution in [0.1, 0.15) is 5.56 Å². The molecule has 0 atom stereocenters. The molecule has 19 heavy (non-hydrogen) atoms. The van der Waals surface area contributed by atoms with Crippen LogP contribution in [-0.2, 0) is 13.6 Å². The van der Waals surface area contributed by atoms with Gasteiger partial charge in [0.25, 0.3) is 5.56 Å². The Bertz CT molecular complexity index is 760. The number of nitrogens with zero attached hydrogens (tertiary/aromatic N) is 3. The lowest BCUT2D eigenvalue weighted by Crippen LogP contribution is -2.13. The van der Waals surface area contributed by atoms with E-state index in [1.807, 2.05) is 29.9 Å². The lowest BCUT2D eigenvalue weighted by Gasteiger charge is -2.05. The third-order valence-corrected chi connectivity index (χ3v) is 2.92. The second-order valence-electron chi connectivity index (χ2n) is 4.29. The van der Waals surface area contributed by atoms with Crippen LogP contribution >= 0.6 is 0 Å². The monoisotopic (exact) mass is 255 g/mol. The average molecular weight is 255 g/mol. The zero-order valence-corrected chi connectivity index (χ0v) is 10.4. The molecule has 2 N–H and O–H groups in total. The number of anilines is 1. The molecule has 0 aliphatic heterocycles. The molecule has 0 bridgehead atoms. The van der Waals surface area contributed by atoms with Crippen molar-refractivity contribution in [2.45, 2.75) is 6.54 Å². The van der Waals surface area contributed by atoms with Crippen molar-refractivity contribution in [2.24, 2.45) is 7.05 Å². The molecule has 0 amide bonds. The first-order valence-electron chi connectivity index (χ1n) is 5.92. The molecule has 3 heterocycles. The zero-order chi connectivity index (χ0) is 13.2. The largest absolute Gasteiger partial charge is 0.352 e. The normalized spacial score (nSPS) is 10.8. The Morgan fingerprint density at radius 3 is 3.11 bits per heavy atom. The number of H-pyrrole nitrogens is 1. The number of hydrogen-bond donors (Lipinski definition) is 2. The molecule has 0 saturated heterocycles. The van der Waals surface area contributed by atoms with Crippen LogP contribution in [-0.4, -0.2) is 19.5 Å². The van der Waals surface area contributed by atoms with E-state index in [2.05, 4.69) is 20.3 Å². The number of fused-ring (bicyclic) bond motifs is 1. The molecule has 3 aromatic rings. The molecular formula is C13H13N5O. The fourth-order valence-corrected chi connectivity index (χ4v) is 1.92. The summed E-state index contributed by atoms with van der Waals surface area (Å²) in [5, 5.41) is 3.68. The van der Waals surface area contributed by atoms with Gasteiger partial charge in [-0.3, -0.25) is 14.8 Å². The molecule has 0 saturated carbocycles. The van der Waals surface area contributed by atoms with Crippen LogP contribution in [0.3, 0.4) is 0 Å². The van der Waals surface area contributed by atoms with Gasteiger partial charge in [-0.25, -0.2) is 0 Å². The molecule has 0 unspecified atom stereocenters. The Balaban J connectivity index is 1.89. The average Bonchev–Trinajstić information content (AvgIpc) is 2.80. The number of hydrogen-bond acceptors (Lipinski definition) is 4. The minimum Gasteiger partial charge on any atom is -0.352 e. The highest BCUT2D eigenvalue weighted by Gasteiger charge is 2.06. The van der Waals surface area contributed by atoms with Crippen LogP contribution in [0.5, 0.6) is 0 Å². The maximum Gasteiger partial charge on any atom is 0.261 e. The first kappa shape index (κ1) is 11.5. The van der Waals surface area contributed by atoms with E-state index in [0.717, 1.165) is 5.56 Å². The van der Waals surface area contributed by atoms with Gasteiger partial charge in [-0.15, -0.1) is 0 Å². The van der Waals surface area contributed by atoms with Crippen molar-refractivity contribution in [1.82, 2.24) is 19.5 Å². The van der Waals surface area contributed by atoms with E-state index in [4.69, 9.17) is 0 Å². The van der Waals surface area contributed by atoms with Crippen LogP contribution in [0.15, 0.2) is 41.6 Å². The van der Waals surface area contributed by atoms with Crippen LogP contribution in [0.2, 0.25) is 0 Å². The van der Waals surface area contributed by atoms with Crippen molar-refractivity contribution >= 4 is 17.0 Å². The molecule has 0 aromatic carbocycles. The molecule has 0 aliphatic carbocycles. The van der Waals surface area contributed by atoms with Gasteiger partial charge in [-0.05, 0) is 17.7 Å². The minimum atomic E-state index is -0.140. The van der Waals surface area contributed by atoms with E-state index in [1.54, 1.807) is 18.5 Å². The molecule has 6 heteroatoms. The lowest BCUT2D eigenvalue weighted by molar-refractivity contribution is 0.937. The molecule has 0 spiro atoms. The summed E-state index contributed by atoms with van der Waals surface area (Å²) in [6, 6.07) is 5.58. The topological polar surface area (TPSA) is 75.6 Å². The summed E-state index contributed by atoms with van der Waals surface area (Å²) in [5.41, 5.74) is 1.55. The first-order valence-corrected chi connectivity index (χ1v) is 5.92. The highest BCUT2D eigenvalue weighted by atomic mass is 16.1. The van der Waals surface area contributed by atoms with Crippen molar-refractivity contribution in [1.29, 1.82) is 0 Å². The number of aromatic amines is 1. The van der Waals surface area contributed by atoms with Crippen LogP contribution < -0.4 is 10.9 Å². The van der Waals surface area contributed by atoms with Gasteiger partial charge in [-0.2, -0.15) is 4.98 Å². The van der Waals surface area contributed by atoms with Gasteiger partial charge in [0.1, 0.15) is 5.65 Å². The number of aryl methyl sites for hydroxylation is 1. The van der Waals surface area contributed by atoms with Crippen LogP contribution in [0, 0.1) is 0 Å². The molecule has 0 aliphatic rings. The Labute approximate surface area is 109 Å². The molecule has 3 rings (SSSR count). The highest BCUT2D eigenvalue weighted by molar-refractivity contribution is 5.75. The third kappa shape index (κ3) is 2.20. The fraction of sp³-hybridized carbons (Fsp3) is 0.154. The molecule has 6 nitrogen and oxygen atoms in total. The maximum atomic E-state index is 11.9. The summed E-state index contributed by atoms with van der Waals surface area (Å²) in [6.45, 7) is 0.562. The van der Waals surface area contributed by atoms with Gasteiger partial charge in [0.2, 0.25) is 5.95 Å². The van der Waals surface area contributed by atoms with Gasteiger partial charge in [-0.1, -0.05) is 6.07 Å². The van der Waals surface area contributed by atoms with E-state index in [0.29, 0.717) is 23.5 Å². The van der Waals surface area contributed by atoms with E-state index in [-0.39, 0.29) is 5.56 Å². The maximum absolute atomic E-state index is 11.9. The molecular weight excluding hydrogens is 242 g/mol. The molecule has 3 aromatic heterocycles. The predicted octanol–water partition coefficient (Wildman–Crippen LogP) is 1.27. The molecule has 0 fully saturated rings.